The van der Waals surface area contributed by atoms with E-state index in [9.17, 15) is 5.26 Å². The number of benzene rings is 2. The SMILES string of the molecule is CSc1ncc(-c2ccc(C(C)(C)c3cc(Cl)c(OCCCl)c(C#N)c3)cc2)cn1. The summed E-state index contributed by atoms with van der Waals surface area (Å²) in [6.07, 6.45) is 5.61. The third kappa shape index (κ3) is 4.73. The largest absolute Gasteiger partial charge is 0.489 e. The molecule has 0 atom stereocenters. The molecule has 0 amide bonds. The quantitative estimate of drug-likeness (QED) is 0.235. The fourth-order valence-electron chi connectivity index (χ4n) is 3.14. The molecule has 0 bridgehead atoms. The second-order valence-electron chi connectivity index (χ2n) is 7.14. The Balaban J connectivity index is 1.93. The maximum Gasteiger partial charge on any atom is 0.187 e. The Morgan fingerprint density at radius 1 is 1.07 bits per heavy atom. The average Bonchev–Trinajstić information content (AvgIpc) is 2.78. The van der Waals surface area contributed by atoms with E-state index in [0.29, 0.717) is 28.8 Å². The summed E-state index contributed by atoms with van der Waals surface area (Å²) in [5.74, 6) is 0.703. The Morgan fingerprint density at radius 3 is 2.30 bits per heavy atom. The summed E-state index contributed by atoms with van der Waals surface area (Å²) < 4.78 is 5.56. The minimum absolute atomic E-state index is 0.293. The van der Waals surface area contributed by atoms with E-state index in [0.717, 1.165) is 27.4 Å². The normalized spacial score (nSPS) is 11.2. The summed E-state index contributed by atoms with van der Waals surface area (Å²) in [4.78, 5) is 8.67. The van der Waals surface area contributed by atoms with Gasteiger partial charge in [0.2, 0.25) is 0 Å². The summed E-state index contributed by atoms with van der Waals surface area (Å²) in [6.45, 7) is 4.50. The van der Waals surface area contributed by atoms with Crippen molar-refractivity contribution in [2.24, 2.45) is 0 Å². The highest BCUT2D eigenvalue weighted by Crippen LogP contribution is 2.38. The molecule has 0 fully saturated rings. The highest BCUT2D eigenvalue weighted by Gasteiger charge is 2.26. The minimum Gasteiger partial charge on any atom is -0.489 e. The van der Waals surface area contributed by atoms with E-state index < -0.39 is 0 Å². The van der Waals surface area contributed by atoms with Gasteiger partial charge in [0.15, 0.2) is 10.9 Å². The zero-order valence-electron chi connectivity index (χ0n) is 16.9. The van der Waals surface area contributed by atoms with Crippen molar-refractivity contribution in [3.8, 4) is 22.9 Å². The summed E-state index contributed by atoms with van der Waals surface area (Å²) >= 11 is 13.6. The zero-order chi connectivity index (χ0) is 21.7. The van der Waals surface area contributed by atoms with E-state index >= 15 is 0 Å². The van der Waals surface area contributed by atoms with Gasteiger partial charge in [-0.15, -0.1) is 11.6 Å². The van der Waals surface area contributed by atoms with Crippen LogP contribution in [0.15, 0.2) is 53.9 Å². The van der Waals surface area contributed by atoms with Gasteiger partial charge in [-0.3, -0.25) is 0 Å². The highest BCUT2D eigenvalue weighted by atomic mass is 35.5. The predicted octanol–water partition coefficient (Wildman–Crippen LogP) is 6.33. The van der Waals surface area contributed by atoms with E-state index in [-0.39, 0.29) is 5.41 Å². The summed E-state index contributed by atoms with van der Waals surface area (Å²) in [5.41, 5.74) is 4.08. The van der Waals surface area contributed by atoms with E-state index in [1.54, 1.807) is 0 Å². The molecule has 0 aliphatic heterocycles. The van der Waals surface area contributed by atoms with Crippen molar-refractivity contribution < 1.29 is 4.74 Å². The lowest BCUT2D eigenvalue weighted by molar-refractivity contribution is 0.341. The van der Waals surface area contributed by atoms with Crippen LogP contribution in [0.4, 0.5) is 0 Å². The van der Waals surface area contributed by atoms with Crippen molar-refractivity contribution in [2.75, 3.05) is 18.7 Å². The third-order valence-electron chi connectivity index (χ3n) is 4.96. The standard InChI is InChI=1S/C23H21Cl2N3OS/c1-23(2,19-10-16(12-26)21(20(25)11-19)29-9-8-24)18-6-4-15(5-7-18)17-13-27-22(30-3)28-14-17/h4-7,10-11,13-14H,8-9H2,1-3H3. The van der Waals surface area contributed by atoms with Gasteiger partial charge in [-0.05, 0) is 35.1 Å². The lowest BCUT2D eigenvalue weighted by Crippen LogP contribution is -2.19. The first-order valence-corrected chi connectivity index (χ1v) is 11.4. The van der Waals surface area contributed by atoms with Crippen LogP contribution in [0.2, 0.25) is 5.02 Å². The minimum atomic E-state index is -0.363. The van der Waals surface area contributed by atoms with Crippen molar-refractivity contribution in [3.63, 3.8) is 0 Å². The number of rotatable bonds is 7. The lowest BCUT2D eigenvalue weighted by atomic mass is 9.77. The Kier molecular flexibility index (Phi) is 7.25. The molecule has 4 nitrogen and oxygen atoms in total. The van der Waals surface area contributed by atoms with Gasteiger partial charge in [-0.1, -0.05) is 61.5 Å². The second kappa shape index (κ2) is 9.70. The smallest absolute Gasteiger partial charge is 0.187 e. The Hall–Kier alpha value is -2.26. The molecule has 154 valence electrons. The molecule has 0 N–H and O–H groups in total. The van der Waals surface area contributed by atoms with Crippen LogP contribution in [0.5, 0.6) is 5.75 Å². The molecule has 3 aromatic rings. The molecule has 3 rings (SSSR count). The molecule has 0 spiro atoms. The van der Waals surface area contributed by atoms with Crippen LogP contribution < -0.4 is 4.74 Å². The van der Waals surface area contributed by atoms with Crippen LogP contribution in [0.1, 0.15) is 30.5 Å². The number of halogens is 2. The van der Waals surface area contributed by atoms with Crippen molar-refractivity contribution in [1.29, 1.82) is 5.26 Å². The molecule has 1 heterocycles. The number of ether oxygens (including phenoxy) is 1. The Labute approximate surface area is 191 Å². The fourth-order valence-corrected chi connectivity index (χ4v) is 3.81. The van der Waals surface area contributed by atoms with Gasteiger partial charge < -0.3 is 4.74 Å². The van der Waals surface area contributed by atoms with Gasteiger partial charge in [0.05, 0.1) is 16.5 Å². The number of hydrogen-bond acceptors (Lipinski definition) is 5. The maximum absolute atomic E-state index is 9.57. The number of thioether (sulfide) groups is 1. The van der Waals surface area contributed by atoms with E-state index in [1.807, 2.05) is 30.8 Å². The first-order valence-electron chi connectivity index (χ1n) is 9.30. The Bertz CT molecular complexity index is 1060. The second-order valence-corrected chi connectivity index (χ2v) is 8.70. The van der Waals surface area contributed by atoms with Crippen LogP contribution in [-0.2, 0) is 5.41 Å². The van der Waals surface area contributed by atoms with Crippen molar-refractivity contribution in [2.45, 2.75) is 24.4 Å². The van der Waals surface area contributed by atoms with Gasteiger partial charge >= 0.3 is 0 Å². The van der Waals surface area contributed by atoms with Gasteiger partial charge in [-0.25, -0.2) is 9.97 Å². The first-order chi connectivity index (χ1) is 14.4. The monoisotopic (exact) mass is 457 g/mol. The van der Waals surface area contributed by atoms with E-state index in [2.05, 4.69) is 54.2 Å². The van der Waals surface area contributed by atoms with Crippen molar-refractivity contribution in [3.05, 3.63) is 70.5 Å². The van der Waals surface area contributed by atoms with E-state index in [1.165, 1.54) is 11.8 Å². The summed E-state index contributed by atoms with van der Waals surface area (Å²) in [7, 11) is 0. The molecule has 0 saturated carbocycles. The van der Waals surface area contributed by atoms with Crippen molar-refractivity contribution >= 4 is 35.0 Å². The van der Waals surface area contributed by atoms with E-state index in [4.69, 9.17) is 27.9 Å². The molecule has 7 heteroatoms. The number of alkyl halides is 1. The number of nitriles is 1. The molecule has 2 aromatic carbocycles. The summed E-state index contributed by atoms with van der Waals surface area (Å²) in [6, 6.07) is 14.1. The van der Waals surface area contributed by atoms with Crippen LogP contribution >= 0.6 is 35.0 Å². The molecule has 1 aromatic heterocycles. The van der Waals surface area contributed by atoms with Gasteiger partial charge in [0, 0.05) is 23.4 Å². The maximum atomic E-state index is 9.57. The third-order valence-corrected chi connectivity index (χ3v) is 5.97. The topological polar surface area (TPSA) is 58.8 Å². The fraction of sp³-hybridized carbons (Fsp3) is 0.261. The molecular formula is C23H21Cl2N3OS. The van der Waals surface area contributed by atoms with Crippen LogP contribution in [-0.4, -0.2) is 28.7 Å². The molecule has 0 aliphatic rings. The predicted molar refractivity (Wildman–Crippen MR) is 124 cm³/mol. The van der Waals surface area contributed by atoms with Crippen LogP contribution in [0.3, 0.4) is 0 Å². The lowest BCUT2D eigenvalue weighted by Gasteiger charge is -2.27. The highest BCUT2D eigenvalue weighted by molar-refractivity contribution is 7.98. The first kappa shape index (κ1) is 22.4. The number of aromatic nitrogens is 2. The van der Waals surface area contributed by atoms with Gasteiger partial charge in [-0.2, -0.15) is 5.26 Å². The van der Waals surface area contributed by atoms with Crippen LogP contribution in [0, 0.1) is 11.3 Å². The molecular weight excluding hydrogens is 437 g/mol. The van der Waals surface area contributed by atoms with Gasteiger partial charge in [0.1, 0.15) is 12.7 Å². The average molecular weight is 458 g/mol. The number of nitrogens with zero attached hydrogens (tertiary/aromatic N) is 3. The Morgan fingerprint density at radius 2 is 1.73 bits per heavy atom. The zero-order valence-corrected chi connectivity index (χ0v) is 19.3. The van der Waals surface area contributed by atoms with Crippen LogP contribution in [0.25, 0.3) is 11.1 Å². The van der Waals surface area contributed by atoms with Crippen molar-refractivity contribution in [1.82, 2.24) is 9.97 Å². The number of hydrogen-bond donors (Lipinski definition) is 0. The van der Waals surface area contributed by atoms with Gasteiger partial charge in [0.25, 0.3) is 0 Å². The molecule has 30 heavy (non-hydrogen) atoms. The summed E-state index contributed by atoms with van der Waals surface area (Å²) in [5, 5.41) is 10.7. The molecule has 0 aliphatic carbocycles. The molecule has 0 saturated heterocycles. The molecule has 0 unspecified atom stereocenters. The molecule has 0 radical (unpaired) electrons.